The second kappa shape index (κ2) is 7.38. The lowest BCUT2D eigenvalue weighted by molar-refractivity contribution is -0.122. The molecule has 4 nitrogen and oxygen atoms in total. The van der Waals surface area contributed by atoms with Gasteiger partial charge in [-0.1, -0.05) is 18.2 Å². The molecule has 22 heavy (non-hydrogen) atoms. The van der Waals surface area contributed by atoms with Gasteiger partial charge in [-0.15, -0.1) is 0 Å². The van der Waals surface area contributed by atoms with Crippen LogP contribution >= 0.6 is 11.8 Å². The van der Waals surface area contributed by atoms with E-state index in [2.05, 4.69) is 23.3 Å². The Morgan fingerprint density at radius 2 is 2.27 bits per heavy atom. The summed E-state index contributed by atoms with van der Waals surface area (Å²) in [5.74, 6) is 3.82. The van der Waals surface area contributed by atoms with Gasteiger partial charge in [-0.2, -0.15) is 11.8 Å². The number of thioether (sulfide) groups is 1. The number of ether oxygens (including phenoxy) is 1. The van der Waals surface area contributed by atoms with Crippen LogP contribution in [0, 0.1) is 0 Å². The van der Waals surface area contributed by atoms with Crippen molar-refractivity contribution in [2.45, 2.75) is 24.8 Å². The molecule has 0 radical (unpaired) electrons. The maximum absolute atomic E-state index is 12.2. The smallest absolute Gasteiger partial charge is 0.234 e. The van der Waals surface area contributed by atoms with Gasteiger partial charge in [-0.3, -0.25) is 9.69 Å². The highest BCUT2D eigenvalue weighted by Gasteiger charge is 2.24. The lowest BCUT2D eigenvalue weighted by Crippen LogP contribution is -2.42. The number of amides is 1. The van der Waals surface area contributed by atoms with Crippen LogP contribution in [0.15, 0.2) is 24.3 Å². The summed E-state index contributed by atoms with van der Waals surface area (Å²) >= 11 is 1.98. The van der Waals surface area contributed by atoms with Crippen LogP contribution in [-0.2, 0) is 4.79 Å². The summed E-state index contributed by atoms with van der Waals surface area (Å²) < 4.78 is 5.67. The first-order chi connectivity index (χ1) is 10.7. The van der Waals surface area contributed by atoms with E-state index >= 15 is 0 Å². The highest BCUT2D eigenvalue weighted by atomic mass is 32.2. The van der Waals surface area contributed by atoms with Gasteiger partial charge in [0.15, 0.2) is 0 Å². The maximum atomic E-state index is 12.2. The normalized spacial score (nSPS) is 23.9. The molecule has 1 amide bonds. The average Bonchev–Trinajstić information content (AvgIpc) is 3.07. The van der Waals surface area contributed by atoms with Crippen molar-refractivity contribution in [2.24, 2.45) is 0 Å². The first kappa shape index (κ1) is 15.7. The molecular weight excluding hydrogens is 296 g/mol. The standard InChI is InChI=1S/C17H24N2O2S/c1-19(14-7-9-22-12-14)11-17(20)18-10-13-6-8-21-16-5-3-2-4-15(13)16/h2-5,13-14H,6-12H2,1H3,(H,18,20)/t13-,14-/m1/s1. The molecule has 0 spiro atoms. The third-order valence-electron chi connectivity index (χ3n) is 4.55. The summed E-state index contributed by atoms with van der Waals surface area (Å²) in [6.07, 6.45) is 2.16. The van der Waals surface area contributed by atoms with Crippen molar-refractivity contribution < 1.29 is 9.53 Å². The Bertz CT molecular complexity index is 517. The molecule has 0 aromatic heterocycles. The zero-order valence-electron chi connectivity index (χ0n) is 13.1. The number of carbonyl (C=O) groups is 1. The first-order valence-corrected chi connectivity index (χ1v) is 9.16. The highest BCUT2D eigenvalue weighted by Crippen LogP contribution is 2.32. The van der Waals surface area contributed by atoms with Gasteiger partial charge in [0.2, 0.25) is 5.91 Å². The number of likely N-dealkylation sites (N-methyl/N-ethyl adjacent to an activating group) is 1. The third-order valence-corrected chi connectivity index (χ3v) is 5.70. The molecule has 1 N–H and O–H groups in total. The van der Waals surface area contributed by atoms with E-state index in [4.69, 9.17) is 4.74 Å². The minimum Gasteiger partial charge on any atom is -0.493 e. The predicted octanol–water partition coefficient (Wildman–Crippen LogP) is 2.11. The van der Waals surface area contributed by atoms with Gasteiger partial charge in [0.05, 0.1) is 13.2 Å². The van der Waals surface area contributed by atoms with Crippen LogP contribution in [0.2, 0.25) is 0 Å². The van der Waals surface area contributed by atoms with Crippen LogP contribution in [-0.4, -0.2) is 55.1 Å². The number of carbonyl (C=O) groups excluding carboxylic acids is 1. The fraction of sp³-hybridized carbons (Fsp3) is 0.588. The van der Waals surface area contributed by atoms with Crippen LogP contribution in [0.5, 0.6) is 5.75 Å². The summed E-state index contributed by atoms with van der Waals surface area (Å²) in [6.45, 7) is 1.93. The molecular formula is C17H24N2O2S. The molecule has 0 saturated carbocycles. The molecule has 0 aliphatic carbocycles. The summed E-state index contributed by atoms with van der Waals surface area (Å²) in [4.78, 5) is 14.4. The van der Waals surface area contributed by atoms with Gasteiger partial charge in [-0.05, 0) is 37.3 Å². The Balaban J connectivity index is 1.49. The quantitative estimate of drug-likeness (QED) is 0.902. The topological polar surface area (TPSA) is 41.6 Å². The highest BCUT2D eigenvalue weighted by molar-refractivity contribution is 7.99. The molecule has 0 unspecified atom stereocenters. The van der Waals surface area contributed by atoms with E-state index in [1.54, 1.807) is 0 Å². The van der Waals surface area contributed by atoms with E-state index in [-0.39, 0.29) is 5.91 Å². The minimum absolute atomic E-state index is 0.128. The molecule has 1 fully saturated rings. The monoisotopic (exact) mass is 320 g/mol. The number of fused-ring (bicyclic) bond motifs is 1. The summed E-state index contributed by atoms with van der Waals surface area (Å²) in [5.41, 5.74) is 1.22. The van der Waals surface area contributed by atoms with E-state index in [1.165, 1.54) is 17.7 Å². The molecule has 2 heterocycles. The number of hydrogen-bond donors (Lipinski definition) is 1. The maximum Gasteiger partial charge on any atom is 0.234 e. The lowest BCUT2D eigenvalue weighted by Gasteiger charge is -2.27. The Morgan fingerprint density at radius 1 is 1.41 bits per heavy atom. The zero-order valence-corrected chi connectivity index (χ0v) is 13.9. The minimum atomic E-state index is 0.128. The van der Waals surface area contributed by atoms with E-state index in [0.29, 0.717) is 25.0 Å². The molecule has 3 rings (SSSR count). The van der Waals surface area contributed by atoms with E-state index < -0.39 is 0 Å². The van der Waals surface area contributed by atoms with Gasteiger partial charge in [-0.25, -0.2) is 0 Å². The van der Waals surface area contributed by atoms with Crippen molar-refractivity contribution in [3.05, 3.63) is 29.8 Å². The second-order valence-corrected chi connectivity index (χ2v) is 7.26. The van der Waals surface area contributed by atoms with Crippen LogP contribution in [0.25, 0.3) is 0 Å². The fourth-order valence-electron chi connectivity index (χ4n) is 3.15. The van der Waals surface area contributed by atoms with Crippen molar-refractivity contribution in [3.63, 3.8) is 0 Å². The molecule has 2 atom stereocenters. The van der Waals surface area contributed by atoms with Gasteiger partial charge in [0.1, 0.15) is 5.75 Å². The van der Waals surface area contributed by atoms with Crippen LogP contribution in [0.4, 0.5) is 0 Å². The van der Waals surface area contributed by atoms with E-state index in [0.717, 1.165) is 24.5 Å². The Hall–Kier alpha value is -1.20. The molecule has 2 aliphatic heterocycles. The summed E-state index contributed by atoms with van der Waals surface area (Å²) in [6, 6.07) is 8.70. The molecule has 1 aromatic carbocycles. The lowest BCUT2D eigenvalue weighted by atomic mass is 9.93. The number of hydrogen-bond acceptors (Lipinski definition) is 4. The molecule has 1 aromatic rings. The number of rotatable bonds is 5. The molecule has 5 heteroatoms. The fourth-order valence-corrected chi connectivity index (χ4v) is 4.44. The van der Waals surface area contributed by atoms with Gasteiger partial charge in [0, 0.05) is 24.3 Å². The van der Waals surface area contributed by atoms with E-state index in [1.807, 2.05) is 30.0 Å². The summed E-state index contributed by atoms with van der Waals surface area (Å²) in [7, 11) is 2.06. The van der Waals surface area contributed by atoms with Crippen LogP contribution in [0.1, 0.15) is 24.3 Å². The molecule has 0 bridgehead atoms. The zero-order chi connectivity index (χ0) is 15.4. The largest absolute Gasteiger partial charge is 0.493 e. The summed E-state index contributed by atoms with van der Waals surface area (Å²) in [5, 5.41) is 3.10. The van der Waals surface area contributed by atoms with Gasteiger partial charge >= 0.3 is 0 Å². The third kappa shape index (κ3) is 3.76. The van der Waals surface area contributed by atoms with E-state index in [9.17, 15) is 4.79 Å². The van der Waals surface area contributed by atoms with Crippen molar-refractivity contribution in [2.75, 3.05) is 38.2 Å². The van der Waals surface area contributed by atoms with Gasteiger partial charge in [0.25, 0.3) is 0 Å². The molecule has 2 aliphatic rings. The Morgan fingerprint density at radius 3 is 3.09 bits per heavy atom. The molecule has 120 valence electrons. The Labute approximate surface area is 136 Å². The van der Waals surface area contributed by atoms with Crippen LogP contribution in [0.3, 0.4) is 0 Å². The average molecular weight is 320 g/mol. The second-order valence-electron chi connectivity index (χ2n) is 6.11. The SMILES string of the molecule is CN(CC(=O)NC[C@H]1CCOc2ccccc21)[C@@H]1CCSC1. The Kier molecular flexibility index (Phi) is 5.26. The number of nitrogens with zero attached hydrogens (tertiary/aromatic N) is 1. The van der Waals surface area contributed by atoms with Gasteiger partial charge < -0.3 is 10.1 Å². The number of benzene rings is 1. The van der Waals surface area contributed by atoms with Crippen molar-refractivity contribution in [1.82, 2.24) is 10.2 Å². The predicted molar refractivity (Wildman–Crippen MR) is 90.7 cm³/mol. The number of nitrogens with one attached hydrogen (secondary N) is 1. The van der Waals surface area contributed by atoms with Crippen molar-refractivity contribution in [3.8, 4) is 5.75 Å². The number of para-hydroxylation sites is 1. The van der Waals surface area contributed by atoms with Crippen LogP contribution < -0.4 is 10.1 Å². The van der Waals surface area contributed by atoms with Crippen molar-refractivity contribution in [1.29, 1.82) is 0 Å². The van der Waals surface area contributed by atoms with Crippen molar-refractivity contribution >= 4 is 17.7 Å². The first-order valence-electron chi connectivity index (χ1n) is 8.00. The molecule has 1 saturated heterocycles.